The summed E-state index contributed by atoms with van der Waals surface area (Å²) in [6.07, 6.45) is 1.04. The zero-order valence-electron chi connectivity index (χ0n) is 10.8. The van der Waals surface area contributed by atoms with Crippen LogP contribution < -0.4 is 4.90 Å². The van der Waals surface area contributed by atoms with Gasteiger partial charge in [-0.3, -0.25) is 0 Å². The van der Waals surface area contributed by atoms with E-state index in [1.54, 1.807) is 6.07 Å². The highest BCUT2D eigenvalue weighted by molar-refractivity contribution is 5.34. The van der Waals surface area contributed by atoms with Crippen molar-refractivity contribution in [2.75, 3.05) is 18.5 Å². The van der Waals surface area contributed by atoms with Crippen LogP contribution in [0.2, 0.25) is 0 Å². The van der Waals surface area contributed by atoms with Gasteiger partial charge in [-0.25, -0.2) is 9.97 Å². The summed E-state index contributed by atoms with van der Waals surface area (Å²) >= 11 is 0. The van der Waals surface area contributed by atoms with Crippen LogP contribution in [-0.2, 0) is 0 Å². The molecule has 88 valence electrons. The van der Waals surface area contributed by atoms with Crippen molar-refractivity contribution < 1.29 is 0 Å². The van der Waals surface area contributed by atoms with E-state index in [0.29, 0.717) is 11.6 Å². The molecule has 0 fully saturated rings. The zero-order chi connectivity index (χ0) is 12.6. The summed E-state index contributed by atoms with van der Waals surface area (Å²) in [5.41, 5.74) is 1.25. The molecule has 0 bridgehead atoms. The summed E-state index contributed by atoms with van der Waals surface area (Å²) in [6.45, 7) is 8.86. The second-order valence-electron chi connectivity index (χ2n) is 3.23. The molecular weight excluding hydrogens is 200 g/mol. The van der Waals surface area contributed by atoms with E-state index in [0.717, 1.165) is 18.7 Å². The van der Waals surface area contributed by atoms with Crippen LogP contribution >= 0.6 is 0 Å². The number of nitriles is 1. The van der Waals surface area contributed by atoms with E-state index in [9.17, 15) is 0 Å². The molecule has 0 saturated carbocycles. The van der Waals surface area contributed by atoms with Crippen LogP contribution in [0.5, 0.6) is 0 Å². The lowest BCUT2D eigenvalue weighted by molar-refractivity contribution is 0.813. The molecule has 4 heteroatoms. The summed E-state index contributed by atoms with van der Waals surface area (Å²) in [4.78, 5) is 10.3. The van der Waals surface area contributed by atoms with Crippen molar-refractivity contribution in [2.24, 2.45) is 0 Å². The third-order valence-electron chi connectivity index (χ3n) is 1.86. The average Bonchev–Trinajstić information content (AvgIpc) is 2.31. The Morgan fingerprint density at radius 3 is 2.50 bits per heavy atom. The molecule has 1 heterocycles. The Morgan fingerprint density at radius 1 is 1.38 bits per heavy atom. The molecule has 0 amide bonds. The first-order chi connectivity index (χ1) is 7.67. The second-order valence-corrected chi connectivity index (χ2v) is 3.23. The largest absolute Gasteiger partial charge is 0.344 e. The van der Waals surface area contributed by atoms with E-state index in [-0.39, 0.29) is 0 Å². The third-order valence-corrected chi connectivity index (χ3v) is 1.86. The molecule has 0 spiro atoms. The van der Waals surface area contributed by atoms with Gasteiger partial charge in [0.1, 0.15) is 11.8 Å². The summed E-state index contributed by atoms with van der Waals surface area (Å²) in [5.74, 6) is 0.628. The minimum Gasteiger partial charge on any atom is -0.344 e. The summed E-state index contributed by atoms with van der Waals surface area (Å²) in [5, 5.41) is 8.74. The molecule has 16 heavy (non-hydrogen) atoms. The van der Waals surface area contributed by atoms with Gasteiger partial charge in [0, 0.05) is 19.3 Å². The van der Waals surface area contributed by atoms with Crippen LogP contribution in [-0.4, -0.2) is 23.6 Å². The fourth-order valence-electron chi connectivity index (χ4n) is 1.22. The minimum atomic E-state index is 0.426. The number of hydrogen-bond donors (Lipinski definition) is 0. The molecular formula is C12H20N4. The fourth-order valence-corrected chi connectivity index (χ4v) is 1.22. The van der Waals surface area contributed by atoms with Crippen LogP contribution in [0.15, 0.2) is 6.07 Å². The highest BCUT2D eigenvalue weighted by atomic mass is 15.2. The monoisotopic (exact) mass is 220 g/mol. The molecule has 0 unspecified atom stereocenters. The number of rotatable bonds is 3. The maximum atomic E-state index is 8.74. The van der Waals surface area contributed by atoms with Crippen LogP contribution in [0.25, 0.3) is 0 Å². The Labute approximate surface area is 97.9 Å². The lowest BCUT2D eigenvalue weighted by Gasteiger charge is -2.15. The van der Waals surface area contributed by atoms with Crippen molar-refractivity contribution in [1.82, 2.24) is 9.97 Å². The van der Waals surface area contributed by atoms with Crippen molar-refractivity contribution in [1.29, 1.82) is 5.26 Å². The molecule has 0 aliphatic carbocycles. The first-order valence-corrected chi connectivity index (χ1v) is 5.64. The highest BCUT2D eigenvalue weighted by Gasteiger charge is 2.05. The molecule has 0 radical (unpaired) electrons. The number of anilines is 1. The molecule has 1 rings (SSSR count). The predicted octanol–water partition coefficient (Wildman–Crippen LogP) is 2.53. The van der Waals surface area contributed by atoms with Gasteiger partial charge in [-0.2, -0.15) is 5.26 Å². The van der Waals surface area contributed by atoms with E-state index < -0.39 is 0 Å². The van der Waals surface area contributed by atoms with Gasteiger partial charge in [-0.15, -0.1) is 0 Å². The van der Waals surface area contributed by atoms with Gasteiger partial charge in [-0.1, -0.05) is 20.8 Å². The summed E-state index contributed by atoms with van der Waals surface area (Å²) in [7, 11) is 1.93. The second kappa shape index (κ2) is 7.63. The van der Waals surface area contributed by atoms with Crippen molar-refractivity contribution in [3.8, 4) is 6.07 Å². The average molecular weight is 220 g/mol. The van der Waals surface area contributed by atoms with Crippen LogP contribution in [0.4, 0.5) is 5.95 Å². The standard InChI is InChI=1S/C10H14N4.C2H6/c1-4-5-14(3)10-12-8(2)6-9(7-11)13-10;1-2/h6H,4-5H2,1-3H3;1-2H3. The van der Waals surface area contributed by atoms with Gasteiger partial charge >= 0.3 is 0 Å². The highest BCUT2D eigenvalue weighted by Crippen LogP contribution is 2.08. The number of aryl methyl sites for hydroxylation is 1. The molecule has 0 aliphatic rings. The van der Waals surface area contributed by atoms with E-state index in [4.69, 9.17) is 5.26 Å². The van der Waals surface area contributed by atoms with Crippen molar-refractivity contribution in [3.05, 3.63) is 17.5 Å². The minimum absolute atomic E-state index is 0.426. The number of nitrogens with zero attached hydrogens (tertiary/aromatic N) is 4. The van der Waals surface area contributed by atoms with Gasteiger partial charge < -0.3 is 4.90 Å². The van der Waals surface area contributed by atoms with Gasteiger partial charge in [0.2, 0.25) is 5.95 Å². The first kappa shape index (κ1) is 14.4. The molecule has 1 aromatic heterocycles. The van der Waals surface area contributed by atoms with Gasteiger partial charge in [0.05, 0.1) is 0 Å². The quantitative estimate of drug-likeness (QED) is 0.785. The lowest BCUT2D eigenvalue weighted by atomic mass is 10.3. The third kappa shape index (κ3) is 4.26. The Balaban J connectivity index is 0.00000106. The van der Waals surface area contributed by atoms with E-state index in [1.807, 2.05) is 38.8 Å². The molecule has 0 aliphatic heterocycles. The fraction of sp³-hybridized carbons (Fsp3) is 0.583. The Bertz CT molecular complexity index is 355. The summed E-state index contributed by atoms with van der Waals surface area (Å²) in [6, 6.07) is 3.71. The lowest BCUT2D eigenvalue weighted by Crippen LogP contribution is -2.21. The molecule has 0 atom stereocenters. The van der Waals surface area contributed by atoms with Crippen LogP contribution in [0, 0.1) is 18.3 Å². The molecule has 1 aromatic rings. The topological polar surface area (TPSA) is 52.8 Å². The first-order valence-electron chi connectivity index (χ1n) is 5.64. The Hall–Kier alpha value is -1.63. The maximum absolute atomic E-state index is 8.74. The van der Waals surface area contributed by atoms with Gasteiger partial charge in [0.15, 0.2) is 0 Å². The summed E-state index contributed by atoms with van der Waals surface area (Å²) < 4.78 is 0. The van der Waals surface area contributed by atoms with Crippen LogP contribution in [0.3, 0.4) is 0 Å². The van der Waals surface area contributed by atoms with E-state index in [1.165, 1.54) is 0 Å². The predicted molar refractivity (Wildman–Crippen MR) is 66.4 cm³/mol. The number of hydrogen-bond acceptors (Lipinski definition) is 4. The van der Waals surface area contributed by atoms with E-state index >= 15 is 0 Å². The van der Waals surface area contributed by atoms with Gasteiger partial charge in [-0.05, 0) is 19.4 Å². The number of aromatic nitrogens is 2. The SMILES string of the molecule is CC.CCCN(C)c1nc(C)cc(C#N)n1. The maximum Gasteiger partial charge on any atom is 0.226 e. The molecule has 0 aromatic carbocycles. The van der Waals surface area contributed by atoms with Crippen molar-refractivity contribution >= 4 is 5.95 Å². The normalized spacial score (nSPS) is 8.75. The Kier molecular flexibility index (Phi) is 6.86. The van der Waals surface area contributed by atoms with Gasteiger partial charge in [0.25, 0.3) is 0 Å². The molecule has 0 saturated heterocycles. The molecule has 0 N–H and O–H groups in total. The van der Waals surface area contributed by atoms with Crippen molar-refractivity contribution in [3.63, 3.8) is 0 Å². The smallest absolute Gasteiger partial charge is 0.226 e. The van der Waals surface area contributed by atoms with E-state index in [2.05, 4.69) is 16.9 Å². The zero-order valence-corrected chi connectivity index (χ0v) is 10.8. The van der Waals surface area contributed by atoms with Crippen molar-refractivity contribution in [2.45, 2.75) is 34.1 Å². The van der Waals surface area contributed by atoms with Crippen LogP contribution in [0.1, 0.15) is 38.6 Å². The molecule has 4 nitrogen and oxygen atoms in total. The Morgan fingerprint density at radius 2 is 2.00 bits per heavy atom.